The van der Waals surface area contributed by atoms with E-state index in [9.17, 15) is 4.79 Å². The van der Waals surface area contributed by atoms with Crippen molar-refractivity contribution in [3.05, 3.63) is 54.7 Å². The molecule has 4 rings (SSSR count). The maximum absolute atomic E-state index is 11.0. The van der Waals surface area contributed by atoms with Crippen LogP contribution in [-0.2, 0) is 11.3 Å². The average molecular weight is 418 g/mol. The third-order valence-electron chi connectivity index (χ3n) is 4.81. The molecule has 5 N–H and O–H groups in total. The lowest BCUT2D eigenvalue weighted by atomic mass is 10.1. The molecule has 10 nitrogen and oxygen atoms in total. The molecule has 158 valence electrons. The third-order valence-corrected chi connectivity index (χ3v) is 4.81. The normalized spacial score (nSPS) is 12.1. The second-order valence-corrected chi connectivity index (χ2v) is 6.96. The molecule has 0 saturated carbocycles. The number of rotatable bonds is 7. The number of nitrogen functional groups attached to an aromatic ring is 1. The molecule has 31 heavy (non-hydrogen) atoms. The summed E-state index contributed by atoms with van der Waals surface area (Å²) < 4.78 is 1.44. The quantitative estimate of drug-likeness (QED) is 0.410. The highest BCUT2D eigenvalue weighted by molar-refractivity contribution is 5.86. The number of nitrogens with zero attached hydrogens (tertiary/aromatic N) is 6. The molecule has 2 aromatic carbocycles. The first-order valence-corrected chi connectivity index (χ1v) is 9.74. The number of hydrogen-bond donors (Lipinski definition) is 3. The van der Waals surface area contributed by atoms with Gasteiger partial charge >= 0.3 is 5.97 Å². The van der Waals surface area contributed by atoms with Crippen LogP contribution in [0.2, 0.25) is 0 Å². The number of anilines is 3. The molecule has 0 aliphatic rings. The van der Waals surface area contributed by atoms with Gasteiger partial charge in [-0.3, -0.25) is 9.48 Å². The van der Waals surface area contributed by atoms with E-state index in [4.69, 9.17) is 16.6 Å². The summed E-state index contributed by atoms with van der Waals surface area (Å²) in [6.07, 6.45) is 1.62. The molecule has 0 aliphatic carbocycles. The molecule has 0 amide bonds. The maximum atomic E-state index is 11.0. The van der Waals surface area contributed by atoms with E-state index in [1.165, 1.54) is 4.68 Å². The molecular formula is C21H22N8O2. The molecule has 4 aromatic rings. The van der Waals surface area contributed by atoms with Crippen LogP contribution in [0.4, 0.5) is 17.6 Å². The van der Waals surface area contributed by atoms with Crippen LogP contribution in [0.3, 0.4) is 0 Å². The monoisotopic (exact) mass is 418 g/mol. The molecular weight excluding hydrogens is 396 g/mol. The van der Waals surface area contributed by atoms with Gasteiger partial charge in [-0.1, -0.05) is 30.3 Å². The summed E-state index contributed by atoms with van der Waals surface area (Å²) in [7, 11) is 0. The largest absolute Gasteiger partial charge is 0.480 e. The highest BCUT2D eigenvalue weighted by Gasteiger charge is 2.17. The zero-order valence-electron chi connectivity index (χ0n) is 16.9. The van der Waals surface area contributed by atoms with Crippen molar-refractivity contribution in [2.75, 3.05) is 17.2 Å². The molecule has 10 heteroatoms. The highest BCUT2D eigenvalue weighted by Crippen LogP contribution is 2.27. The van der Waals surface area contributed by atoms with Gasteiger partial charge in [0.1, 0.15) is 11.7 Å². The van der Waals surface area contributed by atoms with Crippen molar-refractivity contribution < 1.29 is 9.90 Å². The zero-order chi connectivity index (χ0) is 22.0. The lowest BCUT2D eigenvalue weighted by Gasteiger charge is -2.21. The molecule has 1 atom stereocenters. The summed E-state index contributed by atoms with van der Waals surface area (Å²) in [6.45, 7) is 2.64. The number of aliphatic carboxylic acids is 1. The Kier molecular flexibility index (Phi) is 5.46. The van der Waals surface area contributed by atoms with Gasteiger partial charge in [-0.05, 0) is 35.9 Å². The van der Waals surface area contributed by atoms with Gasteiger partial charge in [0.2, 0.25) is 11.9 Å². The van der Waals surface area contributed by atoms with Crippen LogP contribution in [0.5, 0.6) is 0 Å². The number of carboxylic acids is 1. The number of aromatic nitrogens is 5. The van der Waals surface area contributed by atoms with E-state index >= 15 is 0 Å². The van der Waals surface area contributed by atoms with Crippen LogP contribution in [0.1, 0.15) is 6.92 Å². The van der Waals surface area contributed by atoms with Crippen LogP contribution >= 0.6 is 0 Å². The van der Waals surface area contributed by atoms with Crippen molar-refractivity contribution in [2.45, 2.75) is 19.5 Å². The van der Waals surface area contributed by atoms with Crippen LogP contribution in [0.15, 0.2) is 54.7 Å². The Morgan fingerprint density at radius 1 is 1.13 bits per heavy atom. The average Bonchev–Trinajstić information content (AvgIpc) is 3.22. The van der Waals surface area contributed by atoms with E-state index < -0.39 is 12.0 Å². The summed E-state index contributed by atoms with van der Waals surface area (Å²) in [5.41, 5.74) is 12.9. The van der Waals surface area contributed by atoms with Gasteiger partial charge < -0.3 is 21.5 Å². The van der Waals surface area contributed by atoms with E-state index in [1.807, 2.05) is 42.2 Å². The van der Waals surface area contributed by atoms with Crippen molar-refractivity contribution in [3.8, 4) is 11.5 Å². The van der Waals surface area contributed by atoms with E-state index in [1.54, 1.807) is 12.3 Å². The molecule has 0 bridgehead atoms. The zero-order valence-corrected chi connectivity index (χ0v) is 16.9. The van der Waals surface area contributed by atoms with Crippen molar-refractivity contribution in [1.29, 1.82) is 0 Å². The molecule has 0 aliphatic heterocycles. The van der Waals surface area contributed by atoms with Crippen molar-refractivity contribution in [1.82, 2.24) is 24.7 Å². The molecule has 1 unspecified atom stereocenters. The van der Waals surface area contributed by atoms with Crippen LogP contribution in [0.25, 0.3) is 22.3 Å². The van der Waals surface area contributed by atoms with Crippen molar-refractivity contribution >= 4 is 34.3 Å². The van der Waals surface area contributed by atoms with Gasteiger partial charge in [0, 0.05) is 18.4 Å². The second-order valence-electron chi connectivity index (χ2n) is 6.96. The van der Waals surface area contributed by atoms with E-state index in [0.29, 0.717) is 24.0 Å². The highest BCUT2D eigenvalue weighted by atomic mass is 16.4. The summed E-state index contributed by atoms with van der Waals surface area (Å²) in [4.78, 5) is 26.0. The predicted octanol–water partition coefficient (Wildman–Crippen LogP) is 2.04. The Balaban J connectivity index is 1.67. The minimum atomic E-state index is -1.10. The molecule has 0 spiro atoms. The van der Waals surface area contributed by atoms with E-state index in [0.717, 1.165) is 16.5 Å². The number of fused-ring (bicyclic) bond motifs is 1. The molecule has 0 saturated heterocycles. The van der Waals surface area contributed by atoms with Gasteiger partial charge in [0.25, 0.3) is 0 Å². The Bertz CT molecular complexity index is 1240. The van der Waals surface area contributed by atoms with Crippen molar-refractivity contribution in [3.63, 3.8) is 0 Å². The Hall–Kier alpha value is -4.05. The Morgan fingerprint density at radius 2 is 1.90 bits per heavy atom. The Labute approximate surface area is 178 Å². The number of carboxylic acid groups (broad SMARTS) is 1. The number of benzene rings is 2. The molecule has 2 heterocycles. The Morgan fingerprint density at radius 3 is 2.65 bits per heavy atom. The SMILES string of the molecule is CCN(c1ccc2ccccc2c1)c1nc(N)nc(-c2ccn(CC(N)C(=O)O)n2)n1. The minimum Gasteiger partial charge on any atom is -0.480 e. The number of nitrogens with two attached hydrogens (primary N) is 2. The first kappa shape index (κ1) is 20.2. The van der Waals surface area contributed by atoms with Crippen LogP contribution < -0.4 is 16.4 Å². The fourth-order valence-corrected chi connectivity index (χ4v) is 3.26. The molecule has 0 radical (unpaired) electrons. The topological polar surface area (TPSA) is 149 Å². The second kappa shape index (κ2) is 8.36. The molecule has 0 fully saturated rings. The lowest BCUT2D eigenvalue weighted by Crippen LogP contribution is -2.34. The van der Waals surface area contributed by atoms with Crippen LogP contribution in [0, 0.1) is 0 Å². The van der Waals surface area contributed by atoms with Gasteiger partial charge in [-0.25, -0.2) is 0 Å². The summed E-state index contributed by atoms with van der Waals surface area (Å²) in [6, 6.07) is 14.8. The minimum absolute atomic E-state index is 0.0287. The smallest absolute Gasteiger partial charge is 0.322 e. The van der Waals surface area contributed by atoms with E-state index in [2.05, 4.69) is 32.2 Å². The summed E-state index contributed by atoms with van der Waals surface area (Å²) >= 11 is 0. The fourth-order valence-electron chi connectivity index (χ4n) is 3.26. The third kappa shape index (κ3) is 4.28. The maximum Gasteiger partial charge on any atom is 0.322 e. The first-order valence-electron chi connectivity index (χ1n) is 9.74. The summed E-state index contributed by atoms with van der Waals surface area (Å²) in [5.74, 6) is -0.338. The van der Waals surface area contributed by atoms with Gasteiger partial charge in [0.15, 0.2) is 5.82 Å². The lowest BCUT2D eigenvalue weighted by molar-refractivity contribution is -0.138. The predicted molar refractivity (Wildman–Crippen MR) is 118 cm³/mol. The first-order chi connectivity index (χ1) is 14.9. The van der Waals surface area contributed by atoms with Crippen molar-refractivity contribution in [2.24, 2.45) is 5.73 Å². The van der Waals surface area contributed by atoms with Gasteiger partial charge in [-0.15, -0.1) is 0 Å². The summed E-state index contributed by atoms with van der Waals surface area (Å²) in [5, 5.41) is 15.6. The number of hydrogen-bond acceptors (Lipinski definition) is 8. The van der Waals surface area contributed by atoms with E-state index in [-0.39, 0.29) is 12.5 Å². The number of carbonyl (C=O) groups is 1. The van der Waals surface area contributed by atoms with Gasteiger partial charge in [-0.2, -0.15) is 20.1 Å². The molecule has 2 aromatic heterocycles. The van der Waals surface area contributed by atoms with Crippen LogP contribution in [-0.4, -0.2) is 48.4 Å². The fraction of sp³-hybridized carbons (Fsp3) is 0.190. The standard InChI is InChI=1S/C21H22N8O2/c1-2-29(15-8-7-13-5-3-4-6-14(13)11-15)21-25-18(24-20(23)26-21)17-9-10-28(27-17)12-16(22)19(30)31/h3-11,16H,2,12,22H2,1H3,(H,30,31)(H2,23,24,25,26). The van der Waals surface area contributed by atoms with Gasteiger partial charge in [0.05, 0.1) is 6.54 Å².